The number of halogens is 3. The maximum Gasteiger partial charge on any atom is 0.573 e. The second-order valence-corrected chi connectivity index (χ2v) is 13.0. The fourth-order valence-electron chi connectivity index (χ4n) is 5.07. The first-order valence-electron chi connectivity index (χ1n) is 13.3. The van der Waals surface area contributed by atoms with Crippen LogP contribution in [-0.2, 0) is 14.8 Å². The van der Waals surface area contributed by atoms with E-state index in [4.69, 9.17) is 5.11 Å². The Morgan fingerprint density at radius 1 is 0.976 bits per heavy atom. The number of benzene rings is 2. The summed E-state index contributed by atoms with van der Waals surface area (Å²) in [6.45, 7) is 6.37. The molecule has 4 N–H and O–H groups in total. The second-order valence-electron chi connectivity index (χ2n) is 11.2. The van der Waals surface area contributed by atoms with Gasteiger partial charge in [0.15, 0.2) is 0 Å². The molecule has 1 atom stereocenters. The normalized spacial score (nSPS) is 18.8. The number of carbonyl (C=O) groups excluding carboxylic acids is 1. The molecule has 1 unspecified atom stereocenters. The predicted octanol–water partition coefficient (Wildman–Crippen LogP) is 6.05. The molecule has 0 bridgehead atoms. The van der Waals surface area contributed by atoms with Gasteiger partial charge in [0.2, 0.25) is 10.0 Å². The highest BCUT2D eigenvalue weighted by Gasteiger charge is 2.34. The summed E-state index contributed by atoms with van der Waals surface area (Å²) in [4.78, 5) is 23.7. The molecule has 0 radical (unpaired) electrons. The van der Waals surface area contributed by atoms with Gasteiger partial charge < -0.3 is 20.5 Å². The predicted molar refractivity (Wildman–Crippen MR) is 147 cm³/mol. The summed E-state index contributed by atoms with van der Waals surface area (Å²) in [5.74, 6) is -0.945. The number of carboxylic acids is 1. The van der Waals surface area contributed by atoms with Crippen molar-refractivity contribution in [2.45, 2.75) is 70.2 Å². The van der Waals surface area contributed by atoms with Crippen molar-refractivity contribution in [3.05, 3.63) is 54.1 Å². The molecule has 0 aromatic heterocycles. The van der Waals surface area contributed by atoms with E-state index in [1.54, 1.807) is 12.1 Å². The first-order chi connectivity index (χ1) is 19.0. The Hall–Kier alpha value is -3.32. The van der Waals surface area contributed by atoms with Gasteiger partial charge in [0.1, 0.15) is 5.75 Å². The van der Waals surface area contributed by atoms with Crippen LogP contribution in [-0.4, -0.2) is 38.4 Å². The molecule has 13 heteroatoms. The zero-order valence-electron chi connectivity index (χ0n) is 23.1. The van der Waals surface area contributed by atoms with Crippen LogP contribution in [0.3, 0.4) is 0 Å². The number of ether oxygens (including phenoxy) is 1. The Morgan fingerprint density at radius 2 is 1.56 bits per heavy atom. The molecule has 0 saturated heterocycles. The van der Waals surface area contributed by atoms with E-state index in [1.165, 1.54) is 24.3 Å². The molecular weight excluding hydrogens is 563 g/mol. The number of hydrogen-bond acceptors (Lipinski definition) is 5. The van der Waals surface area contributed by atoms with Crippen molar-refractivity contribution in [2.24, 2.45) is 17.3 Å². The first-order valence-corrected chi connectivity index (χ1v) is 14.8. The lowest BCUT2D eigenvalue weighted by Gasteiger charge is -2.39. The number of carbonyl (C=O) groups is 2. The lowest BCUT2D eigenvalue weighted by Crippen LogP contribution is -2.38. The topological polar surface area (TPSA) is 134 Å². The number of amides is 2. The molecule has 41 heavy (non-hydrogen) atoms. The summed E-state index contributed by atoms with van der Waals surface area (Å²) < 4.78 is 68.5. The summed E-state index contributed by atoms with van der Waals surface area (Å²) in [6.07, 6.45) is -1.56. The van der Waals surface area contributed by atoms with Crippen molar-refractivity contribution in [1.82, 2.24) is 10.0 Å². The van der Waals surface area contributed by atoms with Gasteiger partial charge >= 0.3 is 18.4 Å². The van der Waals surface area contributed by atoms with Crippen LogP contribution in [0.25, 0.3) is 0 Å². The average Bonchev–Trinajstić information content (AvgIpc) is 2.87. The summed E-state index contributed by atoms with van der Waals surface area (Å²) in [5.41, 5.74) is 1.11. The van der Waals surface area contributed by atoms with Gasteiger partial charge in [-0.2, -0.15) is 0 Å². The third-order valence-corrected chi connectivity index (χ3v) is 8.76. The van der Waals surface area contributed by atoms with Gasteiger partial charge in [-0.3, -0.25) is 4.79 Å². The standard InChI is InChI=1S/C28H36F3N3O6S/c1-27(2,3)20-8-4-18(5-9-20)25(19-6-14-23(15-7-19)41(38,39)32-17-16-24(35)36)34-26(37)33-21-10-12-22(13-11-21)40-28(29,30)31/h6-7,10-15,18,20,25,32H,4-5,8-9,16-17H2,1-3H3,(H,35,36)(H2,33,34,37). The minimum absolute atomic E-state index is 0.0348. The number of sulfonamides is 1. The van der Waals surface area contributed by atoms with Crippen molar-refractivity contribution in [3.8, 4) is 5.75 Å². The van der Waals surface area contributed by atoms with Crippen molar-refractivity contribution in [2.75, 3.05) is 11.9 Å². The minimum Gasteiger partial charge on any atom is -0.481 e. The highest BCUT2D eigenvalue weighted by Crippen LogP contribution is 2.43. The Balaban J connectivity index is 1.76. The molecular formula is C28H36F3N3O6S. The van der Waals surface area contributed by atoms with Gasteiger partial charge in [-0.1, -0.05) is 32.9 Å². The summed E-state index contributed by atoms with van der Waals surface area (Å²) in [7, 11) is -3.92. The summed E-state index contributed by atoms with van der Waals surface area (Å²) >= 11 is 0. The van der Waals surface area contributed by atoms with E-state index in [2.05, 4.69) is 40.9 Å². The number of nitrogens with one attached hydrogen (secondary N) is 3. The monoisotopic (exact) mass is 599 g/mol. The molecule has 2 aromatic rings. The largest absolute Gasteiger partial charge is 0.573 e. The summed E-state index contributed by atoms with van der Waals surface area (Å²) in [5, 5.41) is 14.4. The van der Waals surface area contributed by atoms with E-state index in [1.807, 2.05) is 0 Å². The molecule has 0 spiro atoms. The Bertz CT molecular complexity index is 1290. The number of urea groups is 1. The third kappa shape index (κ3) is 9.92. The molecule has 2 amide bonds. The minimum atomic E-state index is -4.82. The van der Waals surface area contributed by atoms with Crippen molar-refractivity contribution < 1.29 is 41.0 Å². The number of aliphatic carboxylic acids is 1. The van der Waals surface area contributed by atoms with E-state index in [9.17, 15) is 31.2 Å². The van der Waals surface area contributed by atoms with Gasteiger partial charge in [0.05, 0.1) is 17.4 Å². The molecule has 3 rings (SSSR count). The van der Waals surface area contributed by atoms with Crippen LogP contribution in [0, 0.1) is 17.3 Å². The molecule has 0 heterocycles. The van der Waals surface area contributed by atoms with E-state index in [0.717, 1.165) is 37.8 Å². The molecule has 1 aliphatic rings. The smallest absolute Gasteiger partial charge is 0.481 e. The SMILES string of the molecule is CC(C)(C)C1CCC(C(NC(=O)Nc2ccc(OC(F)(F)F)cc2)c2ccc(S(=O)(=O)NCCC(=O)O)cc2)CC1. The second kappa shape index (κ2) is 13.1. The maximum atomic E-state index is 13.0. The van der Waals surface area contributed by atoms with Crippen LogP contribution >= 0.6 is 0 Å². The Labute approximate surface area is 237 Å². The van der Waals surface area contributed by atoms with E-state index >= 15 is 0 Å². The Kier molecular flexibility index (Phi) is 10.3. The van der Waals surface area contributed by atoms with Crippen molar-refractivity contribution >= 4 is 27.7 Å². The molecule has 0 aliphatic heterocycles. The van der Waals surface area contributed by atoms with Gasteiger partial charge in [-0.05, 0) is 84.9 Å². The van der Waals surface area contributed by atoms with Crippen LogP contribution < -0.4 is 20.1 Å². The Morgan fingerprint density at radius 3 is 2.07 bits per heavy atom. The zero-order valence-corrected chi connectivity index (χ0v) is 23.9. The van der Waals surface area contributed by atoms with Crippen LogP contribution in [0.5, 0.6) is 5.75 Å². The number of anilines is 1. The molecule has 9 nitrogen and oxygen atoms in total. The van der Waals surface area contributed by atoms with Gasteiger partial charge in [0.25, 0.3) is 0 Å². The first kappa shape index (κ1) is 32.2. The maximum absolute atomic E-state index is 13.0. The molecule has 2 aromatic carbocycles. The van der Waals surface area contributed by atoms with Crippen LogP contribution in [0.2, 0.25) is 0 Å². The van der Waals surface area contributed by atoms with E-state index in [-0.39, 0.29) is 34.9 Å². The van der Waals surface area contributed by atoms with Crippen LogP contribution in [0.15, 0.2) is 53.4 Å². The number of alkyl halides is 3. The van der Waals surface area contributed by atoms with Crippen LogP contribution in [0.1, 0.15) is 64.5 Å². The summed E-state index contributed by atoms with van der Waals surface area (Å²) in [6, 6.07) is 9.81. The third-order valence-electron chi connectivity index (χ3n) is 7.28. The van der Waals surface area contributed by atoms with Gasteiger partial charge in [0, 0.05) is 12.2 Å². The molecule has 1 fully saturated rings. The van der Waals surface area contributed by atoms with Crippen molar-refractivity contribution in [1.29, 1.82) is 0 Å². The highest BCUT2D eigenvalue weighted by atomic mass is 32.2. The number of rotatable bonds is 10. The quantitative estimate of drug-likeness (QED) is 0.263. The van der Waals surface area contributed by atoms with E-state index in [0.29, 0.717) is 11.5 Å². The fourth-order valence-corrected chi connectivity index (χ4v) is 6.10. The average molecular weight is 600 g/mol. The number of hydrogen-bond donors (Lipinski definition) is 4. The fraction of sp³-hybridized carbons (Fsp3) is 0.500. The lowest BCUT2D eigenvalue weighted by atomic mass is 9.68. The zero-order chi connectivity index (χ0) is 30.4. The highest BCUT2D eigenvalue weighted by molar-refractivity contribution is 7.89. The molecule has 1 saturated carbocycles. The van der Waals surface area contributed by atoms with E-state index < -0.39 is 40.2 Å². The van der Waals surface area contributed by atoms with Crippen molar-refractivity contribution in [3.63, 3.8) is 0 Å². The number of carboxylic acid groups (broad SMARTS) is 1. The molecule has 226 valence electrons. The van der Waals surface area contributed by atoms with Crippen LogP contribution in [0.4, 0.5) is 23.7 Å². The van der Waals surface area contributed by atoms with Gasteiger partial charge in [-0.15, -0.1) is 13.2 Å². The lowest BCUT2D eigenvalue weighted by molar-refractivity contribution is -0.274. The molecule has 1 aliphatic carbocycles. The van der Waals surface area contributed by atoms with Gasteiger partial charge in [-0.25, -0.2) is 17.9 Å².